The SMILES string of the molecule is CC1CCCCCN1c1ncc(CO)s1. The minimum Gasteiger partial charge on any atom is -0.391 e. The first-order valence-electron chi connectivity index (χ1n) is 5.63. The highest BCUT2D eigenvalue weighted by Gasteiger charge is 2.19. The molecule has 1 aliphatic rings. The number of aromatic nitrogens is 1. The van der Waals surface area contributed by atoms with Crippen molar-refractivity contribution in [2.45, 2.75) is 45.3 Å². The van der Waals surface area contributed by atoms with Crippen molar-refractivity contribution in [3.05, 3.63) is 11.1 Å². The minimum atomic E-state index is 0.111. The molecule has 0 saturated carbocycles. The summed E-state index contributed by atoms with van der Waals surface area (Å²) in [6.45, 7) is 3.49. The lowest BCUT2D eigenvalue weighted by Gasteiger charge is -2.26. The van der Waals surface area contributed by atoms with Crippen LogP contribution in [-0.2, 0) is 6.61 Å². The average Bonchev–Trinajstić information content (AvgIpc) is 2.62. The van der Waals surface area contributed by atoms with Gasteiger partial charge >= 0.3 is 0 Å². The maximum Gasteiger partial charge on any atom is 0.185 e. The highest BCUT2D eigenvalue weighted by molar-refractivity contribution is 7.15. The van der Waals surface area contributed by atoms with E-state index >= 15 is 0 Å². The monoisotopic (exact) mass is 226 g/mol. The summed E-state index contributed by atoms with van der Waals surface area (Å²) in [5, 5.41) is 10.1. The first-order valence-corrected chi connectivity index (χ1v) is 6.45. The molecule has 3 nitrogen and oxygen atoms in total. The van der Waals surface area contributed by atoms with Crippen molar-refractivity contribution < 1.29 is 5.11 Å². The molecule has 0 amide bonds. The van der Waals surface area contributed by atoms with E-state index in [0.717, 1.165) is 16.6 Å². The van der Waals surface area contributed by atoms with Crippen LogP contribution >= 0.6 is 11.3 Å². The van der Waals surface area contributed by atoms with Crippen molar-refractivity contribution in [3.63, 3.8) is 0 Å². The summed E-state index contributed by atoms with van der Waals surface area (Å²) in [6, 6.07) is 0.588. The molecule has 1 fully saturated rings. The second kappa shape index (κ2) is 4.94. The Hall–Kier alpha value is -0.610. The fraction of sp³-hybridized carbons (Fsp3) is 0.727. The van der Waals surface area contributed by atoms with Gasteiger partial charge in [-0.3, -0.25) is 0 Å². The van der Waals surface area contributed by atoms with Crippen LogP contribution in [0.3, 0.4) is 0 Å². The third-order valence-corrected chi connectivity index (χ3v) is 4.02. The van der Waals surface area contributed by atoms with Gasteiger partial charge in [-0.15, -0.1) is 0 Å². The molecule has 1 aromatic rings. The topological polar surface area (TPSA) is 36.4 Å². The molecule has 1 N–H and O–H groups in total. The predicted molar refractivity (Wildman–Crippen MR) is 63.3 cm³/mol. The van der Waals surface area contributed by atoms with Gasteiger partial charge in [-0.05, 0) is 19.8 Å². The zero-order valence-corrected chi connectivity index (χ0v) is 9.96. The summed E-state index contributed by atoms with van der Waals surface area (Å²) in [6.07, 6.45) is 6.97. The summed E-state index contributed by atoms with van der Waals surface area (Å²) in [5.41, 5.74) is 0. The number of anilines is 1. The molecular weight excluding hydrogens is 208 g/mol. The molecule has 0 spiro atoms. The zero-order valence-electron chi connectivity index (χ0n) is 9.15. The van der Waals surface area contributed by atoms with Crippen molar-refractivity contribution in [1.82, 2.24) is 4.98 Å². The Labute approximate surface area is 94.8 Å². The molecule has 0 bridgehead atoms. The Morgan fingerprint density at radius 1 is 1.53 bits per heavy atom. The molecule has 0 aromatic carbocycles. The van der Waals surface area contributed by atoms with E-state index in [4.69, 9.17) is 5.11 Å². The van der Waals surface area contributed by atoms with Gasteiger partial charge in [0.05, 0.1) is 11.5 Å². The molecule has 1 unspecified atom stereocenters. The minimum absolute atomic E-state index is 0.111. The summed E-state index contributed by atoms with van der Waals surface area (Å²) >= 11 is 1.62. The van der Waals surface area contributed by atoms with Gasteiger partial charge in [0.15, 0.2) is 5.13 Å². The number of aliphatic hydroxyl groups is 1. The summed E-state index contributed by atoms with van der Waals surface area (Å²) < 4.78 is 0. The Bertz CT molecular complexity index is 313. The van der Waals surface area contributed by atoms with Crippen LogP contribution in [0.4, 0.5) is 5.13 Å². The lowest BCUT2D eigenvalue weighted by atomic mass is 10.1. The molecule has 1 aromatic heterocycles. The molecule has 1 atom stereocenters. The van der Waals surface area contributed by atoms with Gasteiger partial charge in [0.2, 0.25) is 0 Å². The van der Waals surface area contributed by atoms with E-state index in [1.807, 2.05) is 0 Å². The van der Waals surface area contributed by atoms with E-state index in [0.29, 0.717) is 6.04 Å². The van der Waals surface area contributed by atoms with E-state index < -0.39 is 0 Å². The molecule has 2 rings (SSSR count). The fourth-order valence-corrected chi connectivity index (χ4v) is 2.96. The first-order chi connectivity index (χ1) is 7.31. The Kier molecular flexibility index (Phi) is 3.59. The number of hydrogen-bond donors (Lipinski definition) is 1. The van der Waals surface area contributed by atoms with Crippen LogP contribution in [0, 0.1) is 0 Å². The maximum absolute atomic E-state index is 9.02. The summed E-state index contributed by atoms with van der Waals surface area (Å²) in [7, 11) is 0. The molecule has 0 radical (unpaired) electrons. The molecular formula is C11H18N2OS. The fourth-order valence-electron chi connectivity index (χ4n) is 2.06. The van der Waals surface area contributed by atoms with Gasteiger partial charge < -0.3 is 10.0 Å². The van der Waals surface area contributed by atoms with Crippen molar-refractivity contribution in [2.24, 2.45) is 0 Å². The molecule has 0 aliphatic carbocycles. The third kappa shape index (κ3) is 2.49. The second-order valence-electron chi connectivity index (χ2n) is 4.16. The van der Waals surface area contributed by atoms with Crippen LogP contribution in [0.2, 0.25) is 0 Å². The quantitative estimate of drug-likeness (QED) is 0.841. The van der Waals surface area contributed by atoms with E-state index in [9.17, 15) is 0 Å². The van der Waals surface area contributed by atoms with Crippen LogP contribution in [0.15, 0.2) is 6.20 Å². The molecule has 15 heavy (non-hydrogen) atoms. The van der Waals surface area contributed by atoms with Crippen LogP contribution in [0.25, 0.3) is 0 Å². The first kappa shape index (κ1) is 10.9. The van der Waals surface area contributed by atoms with E-state index in [-0.39, 0.29) is 6.61 Å². The molecule has 84 valence electrons. The second-order valence-corrected chi connectivity index (χ2v) is 5.25. The number of thiazole rings is 1. The van der Waals surface area contributed by atoms with E-state index in [2.05, 4.69) is 16.8 Å². The van der Waals surface area contributed by atoms with Gasteiger partial charge in [-0.1, -0.05) is 24.2 Å². The predicted octanol–water partition coefficient (Wildman–Crippen LogP) is 2.40. The largest absolute Gasteiger partial charge is 0.391 e. The molecule has 1 saturated heterocycles. The smallest absolute Gasteiger partial charge is 0.185 e. The number of nitrogens with zero attached hydrogens (tertiary/aromatic N) is 2. The van der Waals surface area contributed by atoms with E-state index in [1.165, 1.54) is 25.7 Å². The van der Waals surface area contributed by atoms with Crippen molar-refractivity contribution >= 4 is 16.5 Å². The van der Waals surface area contributed by atoms with Crippen LogP contribution < -0.4 is 4.90 Å². The van der Waals surface area contributed by atoms with Gasteiger partial charge in [-0.25, -0.2) is 4.98 Å². The Morgan fingerprint density at radius 3 is 3.13 bits per heavy atom. The lowest BCUT2D eigenvalue weighted by Crippen LogP contribution is -2.32. The maximum atomic E-state index is 9.02. The number of aliphatic hydroxyl groups excluding tert-OH is 1. The van der Waals surface area contributed by atoms with E-state index in [1.54, 1.807) is 17.5 Å². The number of hydrogen-bond acceptors (Lipinski definition) is 4. The van der Waals surface area contributed by atoms with Crippen molar-refractivity contribution in [3.8, 4) is 0 Å². The third-order valence-electron chi connectivity index (χ3n) is 3.00. The van der Waals surface area contributed by atoms with Gasteiger partial charge in [0, 0.05) is 18.8 Å². The summed E-state index contributed by atoms with van der Waals surface area (Å²) in [5.74, 6) is 0. The zero-order chi connectivity index (χ0) is 10.7. The molecule has 4 heteroatoms. The van der Waals surface area contributed by atoms with Crippen LogP contribution in [0.5, 0.6) is 0 Å². The lowest BCUT2D eigenvalue weighted by molar-refractivity contribution is 0.285. The highest BCUT2D eigenvalue weighted by Crippen LogP contribution is 2.28. The van der Waals surface area contributed by atoms with Crippen molar-refractivity contribution in [2.75, 3.05) is 11.4 Å². The summed E-state index contributed by atoms with van der Waals surface area (Å²) in [4.78, 5) is 7.73. The van der Waals surface area contributed by atoms with Gasteiger partial charge in [0.25, 0.3) is 0 Å². The van der Waals surface area contributed by atoms with Crippen LogP contribution in [0.1, 0.15) is 37.5 Å². The Balaban J connectivity index is 2.12. The highest BCUT2D eigenvalue weighted by atomic mass is 32.1. The van der Waals surface area contributed by atoms with Crippen molar-refractivity contribution in [1.29, 1.82) is 0 Å². The normalized spacial score (nSPS) is 22.8. The molecule has 1 aliphatic heterocycles. The standard InChI is InChI=1S/C11H18N2OS/c1-9-5-3-2-4-6-13(9)11-12-7-10(8-14)15-11/h7,9,14H,2-6,8H2,1H3. The van der Waals surface area contributed by atoms with Crippen LogP contribution in [-0.4, -0.2) is 22.7 Å². The number of rotatable bonds is 2. The molecule has 2 heterocycles. The Morgan fingerprint density at radius 2 is 2.40 bits per heavy atom. The van der Waals surface area contributed by atoms with Gasteiger partial charge in [0.1, 0.15) is 0 Å². The van der Waals surface area contributed by atoms with Gasteiger partial charge in [-0.2, -0.15) is 0 Å². The average molecular weight is 226 g/mol.